The molecule has 0 saturated carbocycles. The van der Waals surface area contributed by atoms with Crippen LogP contribution in [-0.4, -0.2) is 19.1 Å². The lowest BCUT2D eigenvalue weighted by atomic mass is 10.1. The fraction of sp³-hybridized carbons (Fsp3) is 0.211. The molecule has 0 aliphatic carbocycles. The highest BCUT2D eigenvalue weighted by molar-refractivity contribution is 6.30. The first-order valence-electron chi connectivity index (χ1n) is 7.60. The van der Waals surface area contributed by atoms with Crippen LogP contribution in [0.25, 0.3) is 6.08 Å². The second-order valence-electron chi connectivity index (χ2n) is 5.00. The Morgan fingerprint density at radius 1 is 1.13 bits per heavy atom. The van der Waals surface area contributed by atoms with E-state index in [4.69, 9.17) is 16.3 Å². The molecular weight excluding hydrogens is 310 g/mol. The standard InChI is InChI=1S/C19H20ClNO2/c1-2-23-18-10-5-15(6-11-18)7-12-19(22)21-14-13-16-3-8-17(20)9-4-16/h3-12H,2,13-14H2,1H3,(H,21,22)/b12-7+. The van der Waals surface area contributed by atoms with Crippen molar-refractivity contribution in [1.29, 1.82) is 0 Å². The van der Waals surface area contributed by atoms with Crippen molar-refractivity contribution < 1.29 is 9.53 Å². The molecule has 23 heavy (non-hydrogen) atoms. The van der Waals surface area contributed by atoms with E-state index in [9.17, 15) is 4.79 Å². The lowest BCUT2D eigenvalue weighted by Crippen LogP contribution is -2.23. The lowest BCUT2D eigenvalue weighted by molar-refractivity contribution is -0.116. The Hall–Kier alpha value is -2.26. The maximum absolute atomic E-state index is 11.8. The van der Waals surface area contributed by atoms with Crippen LogP contribution in [0.2, 0.25) is 5.02 Å². The van der Waals surface area contributed by atoms with E-state index >= 15 is 0 Å². The summed E-state index contributed by atoms with van der Waals surface area (Å²) < 4.78 is 5.38. The molecule has 2 rings (SSSR count). The monoisotopic (exact) mass is 329 g/mol. The maximum Gasteiger partial charge on any atom is 0.244 e. The van der Waals surface area contributed by atoms with E-state index in [0.29, 0.717) is 13.2 Å². The molecule has 0 bridgehead atoms. The van der Waals surface area contributed by atoms with Crippen LogP contribution in [0.1, 0.15) is 18.1 Å². The molecule has 0 fully saturated rings. The van der Waals surface area contributed by atoms with Gasteiger partial charge in [-0.1, -0.05) is 35.9 Å². The number of carbonyl (C=O) groups excluding carboxylic acids is 1. The van der Waals surface area contributed by atoms with Gasteiger partial charge in [0.15, 0.2) is 0 Å². The molecule has 0 aliphatic rings. The van der Waals surface area contributed by atoms with Crippen LogP contribution in [0.4, 0.5) is 0 Å². The highest BCUT2D eigenvalue weighted by Gasteiger charge is 1.97. The number of carbonyl (C=O) groups is 1. The summed E-state index contributed by atoms with van der Waals surface area (Å²) in [5, 5.41) is 3.58. The van der Waals surface area contributed by atoms with Crippen molar-refractivity contribution in [2.24, 2.45) is 0 Å². The Balaban J connectivity index is 1.76. The summed E-state index contributed by atoms with van der Waals surface area (Å²) >= 11 is 5.84. The fourth-order valence-electron chi connectivity index (χ4n) is 2.05. The number of rotatable bonds is 7. The highest BCUT2D eigenvalue weighted by atomic mass is 35.5. The number of benzene rings is 2. The molecule has 0 atom stereocenters. The van der Waals surface area contributed by atoms with Crippen molar-refractivity contribution in [2.45, 2.75) is 13.3 Å². The van der Waals surface area contributed by atoms with Crippen molar-refractivity contribution in [3.05, 3.63) is 70.8 Å². The molecular formula is C19H20ClNO2. The van der Waals surface area contributed by atoms with Crippen molar-refractivity contribution in [3.8, 4) is 5.75 Å². The first-order chi connectivity index (χ1) is 11.2. The topological polar surface area (TPSA) is 38.3 Å². The second kappa shape index (κ2) is 9.01. The van der Waals surface area contributed by atoms with E-state index in [-0.39, 0.29) is 5.91 Å². The summed E-state index contributed by atoms with van der Waals surface area (Å²) in [7, 11) is 0. The Morgan fingerprint density at radius 3 is 2.48 bits per heavy atom. The van der Waals surface area contributed by atoms with Gasteiger partial charge in [0, 0.05) is 17.6 Å². The smallest absolute Gasteiger partial charge is 0.244 e. The third kappa shape index (κ3) is 6.17. The molecule has 120 valence electrons. The number of halogens is 1. The molecule has 2 aromatic carbocycles. The molecule has 0 radical (unpaired) electrons. The zero-order valence-corrected chi connectivity index (χ0v) is 13.8. The Kier molecular flexibility index (Phi) is 6.70. The predicted octanol–water partition coefficient (Wildman–Crippen LogP) is 4.11. The van der Waals surface area contributed by atoms with Crippen LogP contribution in [0.5, 0.6) is 5.75 Å². The number of amides is 1. The van der Waals surface area contributed by atoms with Crippen molar-refractivity contribution in [2.75, 3.05) is 13.2 Å². The van der Waals surface area contributed by atoms with E-state index in [0.717, 1.165) is 28.3 Å². The van der Waals surface area contributed by atoms with E-state index in [1.165, 1.54) is 6.08 Å². The zero-order chi connectivity index (χ0) is 16.5. The van der Waals surface area contributed by atoms with Crippen LogP contribution in [0.3, 0.4) is 0 Å². The first kappa shape index (κ1) is 17.1. The van der Waals surface area contributed by atoms with Gasteiger partial charge in [-0.05, 0) is 54.8 Å². The van der Waals surface area contributed by atoms with Gasteiger partial charge in [-0.25, -0.2) is 0 Å². The number of nitrogens with one attached hydrogen (secondary N) is 1. The molecule has 3 nitrogen and oxygen atoms in total. The van der Waals surface area contributed by atoms with Gasteiger partial charge in [-0.3, -0.25) is 4.79 Å². The van der Waals surface area contributed by atoms with Crippen molar-refractivity contribution >= 4 is 23.6 Å². The minimum Gasteiger partial charge on any atom is -0.494 e. The molecule has 0 spiro atoms. The minimum atomic E-state index is -0.104. The van der Waals surface area contributed by atoms with Crippen LogP contribution < -0.4 is 10.1 Å². The summed E-state index contributed by atoms with van der Waals surface area (Å²) in [6, 6.07) is 15.2. The van der Waals surface area contributed by atoms with Crippen molar-refractivity contribution in [3.63, 3.8) is 0 Å². The third-order valence-electron chi connectivity index (χ3n) is 3.24. The highest BCUT2D eigenvalue weighted by Crippen LogP contribution is 2.13. The lowest BCUT2D eigenvalue weighted by Gasteiger charge is -2.03. The van der Waals surface area contributed by atoms with Crippen molar-refractivity contribution in [1.82, 2.24) is 5.32 Å². The summed E-state index contributed by atoms with van der Waals surface area (Å²) in [5.74, 6) is 0.727. The second-order valence-corrected chi connectivity index (χ2v) is 5.44. The normalized spacial score (nSPS) is 10.7. The van der Waals surface area contributed by atoms with Crippen LogP contribution in [0, 0.1) is 0 Å². The van der Waals surface area contributed by atoms with Gasteiger partial charge in [0.05, 0.1) is 6.61 Å². The van der Waals surface area contributed by atoms with Gasteiger partial charge in [0.1, 0.15) is 5.75 Å². The first-order valence-corrected chi connectivity index (χ1v) is 7.98. The zero-order valence-electron chi connectivity index (χ0n) is 13.1. The van der Waals surface area contributed by atoms with Gasteiger partial charge in [-0.2, -0.15) is 0 Å². The minimum absolute atomic E-state index is 0.104. The summed E-state index contributed by atoms with van der Waals surface area (Å²) in [5.41, 5.74) is 2.10. The van der Waals surface area contributed by atoms with E-state index in [1.54, 1.807) is 6.08 Å². The molecule has 4 heteroatoms. The fourth-order valence-corrected chi connectivity index (χ4v) is 2.18. The van der Waals surface area contributed by atoms with Crippen LogP contribution in [-0.2, 0) is 11.2 Å². The maximum atomic E-state index is 11.8. The Bertz CT molecular complexity index is 648. The molecule has 1 N–H and O–H groups in total. The molecule has 0 aromatic heterocycles. The SMILES string of the molecule is CCOc1ccc(/C=C/C(=O)NCCc2ccc(Cl)cc2)cc1. The summed E-state index contributed by atoms with van der Waals surface area (Å²) in [4.78, 5) is 11.8. The summed E-state index contributed by atoms with van der Waals surface area (Å²) in [6.07, 6.45) is 4.10. The third-order valence-corrected chi connectivity index (χ3v) is 3.50. The van der Waals surface area contributed by atoms with Gasteiger partial charge in [0.25, 0.3) is 0 Å². The summed E-state index contributed by atoms with van der Waals surface area (Å²) in [6.45, 7) is 3.18. The molecule has 0 saturated heterocycles. The van der Waals surface area contributed by atoms with E-state index < -0.39 is 0 Å². The molecule has 1 amide bonds. The Morgan fingerprint density at radius 2 is 1.83 bits per heavy atom. The molecule has 0 unspecified atom stereocenters. The van der Waals surface area contributed by atoms with Gasteiger partial charge >= 0.3 is 0 Å². The van der Waals surface area contributed by atoms with E-state index in [2.05, 4.69) is 5.32 Å². The van der Waals surface area contributed by atoms with Gasteiger partial charge < -0.3 is 10.1 Å². The van der Waals surface area contributed by atoms with E-state index in [1.807, 2.05) is 55.5 Å². The quantitative estimate of drug-likeness (QED) is 0.776. The van der Waals surface area contributed by atoms with Crippen LogP contribution >= 0.6 is 11.6 Å². The average Bonchev–Trinajstić information content (AvgIpc) is 2.56. The molecule has 0 aliphatic heterocycles. The number of hydrogen-bond acceptors (Lipinski definition) is 2. The molecule has 0 heterocycles. The molecule has 2 aromatic rings. The number of ether oxygens (including phenoxy) is 1. The Labute approximate surface area is 141 Å². The number of hydrogen-bond donors (Lipinski definition) is 1. The predicted molar refractivity (Wildman–Crippen MR) is 94.8 cm³/mol. The average molecular weight is 330 g/mol. The van der Waals surface area contributed by atoms with Gasteiger partial charge in [-0.15, -0.1) is 0 Å². The van der Waals surface area contributed by atoms with Crippen LogP contribution in [0.15, 0.2) is 54.6 Å². The van der Waals surface area contributed by atoms with Gasteiger partial charge in [0.2, 0.25) is 5.91 Å². The largest absolute Gasteiger partial charge is 0.494 e.